The number of rotatable bonds is 5. The molecule has 3 heteroatoms. The van der Waals surface area contributed by atoms with Crippen LogP contribution < -0.4 is 5.73 Å². The lowest BCUT2D eigenvalue weighted by Crippen LogP contribution is -2.49. The first-order chi connectivity index (χ1) is 7.47. The van der Waals surface area contributed by atoms with E-state index in [0.29, 0.717) is 0 Å². The van der Waals surface area contributed by atoms with Gasteiger partial charge in [0.25, 0.3) is 0 Å². The summed E-state index contributed by atoms with van der Waals surface area (Å²) in [4.78, 5) is 4.88. The van der Waals surface area contributed by atoms with Crippen molar-refractivity contribution in [3.05, 3.63) is 0 Å². The molecule has 94 valence electrons. The van der Waals surface area contributed by atoms with Crippen LogP contribution in [-0.2, 0) is 0 Å². The quantitative estimate of drug-likeness (QED) is 0.757. The van der Waals surface area contributed by atoms with Crippen molar-refractivity contribution in [3.8, 4) is 0 Å². The molecule has 2 fully saturated rings. The highest BCUT2D eigenvalue weighted by Crippen LogP contribution is 2.38. The number of nitrogens with two attached hydrogens (primary N) is 1. The summed E-state index contributed by atoms with van der Waals surface area (Å²) < 4.78 is 0. The van der Waals surface area contributed by atoms with Gasteiger partial charge in [-0.1, -0.05) is 0 Å². The van der Waals surface area contributed by atoms with Crippen molar-refractivity contribution in [2.75, 3.05) is 40.3 Å². The zero-order valence-corrected chi connectivity index (χ0v) is 11.1. The van der Waals surface area contributed by atoms with Crippen molar-refractivity contribution in [2.45, 2.75) is 31.7 Å². The van der Waals surface area contributed by atoms with Crippen LogP contribution in [0.1, 0.15) is 26.2 Å². The first-order valence-corrected chi connectivity index (χ1v) is 6.63. The highest BCUT2D eigenvalue weighted by atomic mass is 15.2. The summed E-state index contributed by atoms with van der Waals surface area (Å²) >= 11 is 0. The van der Waals surface area contributed by atoms with Gasteiger partial charge in [0.05, 0.1) is 0 Å². The van der Waals surface area contributed by atoms with Gasteiger partial charge in [-0.3, -0.25) is 0 Å². The van der Waals surface area contributed by atoms with E-state index >= 15 is 0 Å². The van der Waals surface area contributed by atoms with Gasteiger partial charge in [0.1, 0.15) is 0 Å². The topological polar surface area (TPSA) is 32.5 Å². The number of hydrogen-bond acceptors (Lipinski definition) is 3. The fourth-order valence-electron chi connectivity index (χ4n) is 3.13. The molecule has 2 rings (SSSR count). The first kappa shape index (κ1) is 12.3. The fourth-order valence-corrected chi connectivity index (χ4v) is 3.13. The Bertz CT molecular complexity index is 235. The van der Waals surface area contributed by atoms with E-state index in [2.05, 4.69) is 30.8 Å². The molecule has 1 aliphatic carbocycles. The molecule has 2 aliphatic rings. The van der Waals surface area contributed by atoms with Crippen LogP contribution in [0.15, 0.2) is 0 Å². The molecule has 3 nitrogen and oxygen atoms in total. The van der Waals surface area contributed by atoms with Gasteiger partial charge in [0.15, 0.2) is 0 Å². The smallest absolute Gasteiger partial charge is 0.0283 e. The maximum atomic E-state index is 6.37. The van der Waals surface area contributed by atoms with Gasteiger partial charge in [0.2, 0.25) is 0 Å². The van der Waals surface area contributed by atoms with Crippen LogP contribution in [0.25, 0.3) is 0 Å². The minimum atomic E-state index is 0.0409. The largest absolute Gasteiger partial charge is 0.324 e. The van der Waals surface area contributed by atoms with Crippen molar-refractivity contribution in [1.82, 2.24) is 9.80 Å². The molecule has 0 aromatic heterocycles. The molecule has 0 aromatic carbocycles. The van der Waals surface area contributed by atoms with Crippen molar-refractivity contribution in [2.24, 2.45) is 17.6 Å². The van der Waals surface area contributed by atoms with E-state index in [1.54, 1.807) is 0 Å². The third-order valence-corrected chi connectivity index (χ3v) is 4.18. The van der Waals surface area contributed by atoms with Crippen LogP contribution in [0.4, 0.5) is 0 Å². The summed E-state index contributed by atoms with van der Waals surface area (Å²) in [5.74, 6) is 1.63. The Morgan fingerprint density at radius 1 is 1.38 bits per heavy atom. The van der Waals surface area contributed by atoms with E-state index in [1.807, 2.05) is 0 Å². The molecule has 1 heterocycles. The summed E-state index contributed by atoms with van der Waals surface area (Å²) in [6.07, 6.45) is 4.03. The highest BCUT2D eigenvalue weighted by Gasteiger charge is 2.39. The molecule has 2 N–H and O–H groups in total. The molecule has 16 heavy (non-hydrogen) atoms. The molecular formula is C13H27N3. The molecule has 2 unspecified atom stereocenters. The van der Waals surface area contributed by atoms with Crippen LogP contribution in [-0.4, -0.2) is 55.6 Å². The van der Waals surface area contributed by atoms with Crippen molar-refractivity contribution < 1.29 is 0 Å². The van der Waals surface area contributed by atoms with E-state index in [9.17, 15) is 0 Å². The van der Waals surface area contributed by atoms with E-state index in [1.165, 1.54) is 38.9 Å². The average Bonchev–Trinajstić information content (AvgIpc) is 2.92. The van der Waals surface area contributed by atoms with Gasteiger partial charge >= 0.3 is 0 Å². The molecule has 1 saturated heterocycles. The summed E-state index contributed by atoms with van der Waals surface area (Å²) in [7, 11) is 4.45. The monoisotopic (exact) mass is 225 g/mol. The van der Waals surface area contributed by atoms with Crippen molar-refractivity contribution in [3.63, 3.8) is 0 Å². The zero-order valence-electron chi connectivity index (χ0n) is 11.1. The van der Waals surface area contributed by atoms with Gasteiger partial charge in [-0.05, 0) is 58.7 Å². The van der Waals surface area contributed by atoms with E-state index in [-0.39, 0.29) is 5.54 Å². The van der Waals surface area contributed by atoms with Crippen molar-refractivity contribution >= 4 is 0 Å². The zero-order chi connectivity index (χ0) is 11.8. The number of likely N-dealkylation sites (N-methyl/N-ethyl adjacent to an activating group) is 1. The fraction of sp³-hybridized carbons (Fsp3) is 1.00. The standard InChI is InChI=1S/C13H27N3/c1-13(14,12-4-5-12)10-16(3)9-11-6-7-15(2)8-11/h11-12H,4-10,14H2,1-3H3. The van der Waals surface area contributed by atoms with Crippen LogP contribution in [0.2, 0.25) is 0 Å². The van der Waals surface area contributed by atoms with Crippen molar-refractivity contribution in [1.29, 1.82) is 0 Å². The predicted molar refractivity (Wildman–Crippen MR) is 68.4 cm³/mol. The summed E-state index contributed by atoms with van der Waals surface area (Å²) in [6.45, 7) is 7.01. The number of hydrogen-bond donors (Lipinski definition) is 1. The normalized spacial score (nSPS) is 30.9. The second-order valence-corrected chi connectivity index (χ2v) is 6.39. The molecule has 1 saturated carbocycles. The molecule has 0 aromatic rings. The summed E-state index contributed by atoms with van der Waals surface area (Å²) in [6, 6.07) is 0. The maximum absolute atomic E-state index is 6.37. The lowest BCUT2D eigenvalue weighted by Gasteiger charge is -2.31. The van der Waals surface area contributed by atoms with Gasteiger partial charge in [-0.15, -0.1) is 0 Å². The molecular weight excluding hydrogens is 198 g/mol. The summed E-state index contributed by atoms with van der Waals surface area (Å²) in [5.41, 5.74) is 6.41. The lowest BCUT2D eigenvalue weighted by atomic mass is 9.96. The Morgan fingerprint density at radius 2 is 2.06 bits per heavy atom. The lowest BCUT2D eigenvalue weighted by molar-refractivity contribution is 0.210. The second-order valence-electron chi connectivity index (χ2n) is 6.39. The van der Waals surface area contributed by atoms with Crippen LogP contribution in [0, 0.1) is 11.8 Å². The van der Waals surface area contributed by atoms with Crippen LogP contribution >= 0.6 is 0 Å². The number of nitrogens with zero attached hydrogens (tertiary/aromatic N) is 2. The molecule has 1 aliphatic heterocycles. The predicted octanol–water partition coefficient (Wildman–Crippen LogP) is 0.997. The Labute approximate surface area is 100.0 Å². The third-order valence-electron chi connectivity index (χ3n) is 4.18. The molecule has 0 spiro atoms. The Balaban J connectivity index is 1.73. The average molecular weight is 225 g/mol. The molecule has 0 radical (unpaired) electrons. The summed E-state index contributed by atoms with van der Waals surface area (Å²) in [5, 5.41) is 0. The molecule has 2 atom stereocenters. The van der Waals surface area contributed by atoms with E-state index in [4.69, 9.17) is 5.73 Å². The molecule has 0 amide bonds. The SMILES string of the molecule is CN1CCC(CN(C)CC(C)(N)C2CC2)C1. The Hall–Kier alpha value is -0.120. The van der Waals surface area contributed by atoms with Gasteiger partial charge in [-0.25, -0.2) is 0 Å². The highest BCUT2D eigenvalue weighted by molar-refractivity contribution is 4.97. The van der Waals surface area contributed by atoms with E-state index < -0.39 is 0 Å². The Kier molecular flexibility index (Phi) is 3.57. The maximum Gasteiger partial charge on any atom is 0.0283 e. The van der Waals surface area contributed by atoms with Gasteiger partial charge in [0, 0.05) is 25.2 Å². The van der Waals surface area contributed by atoms with Gasteiger partial charge in [-0.2, -0.15) is 0 Å². The van der Waals surface area contributed by atoms with Gasteiger partial charge < -0.3 is 15.5 Å². The third kappa shape index (κ3) is 3.19. The van der Waals surface area contributed by atoms with Crippen LogP contribution in [0.3, 0.4) is 0 Å². The first-order valence-electron chi connectivity index (χ1n) is 6.63. The minimum absolute atomic E-state index is 0.0409. The van der Waals surface area contributed by atoms with E-state index in [0.717, 1.165) is 18.4 Å². The number of likely N-dealkylation sites (tertiary alicyclic amines) is 1. The molecule has 0 bridgehead atoms. The minimum Gasteiger partial charge on any atom is -0.324 e. The van der Waals surface area contributed by atoms with Crippen LogP contribution in [0.5, 0.6) is 0 Å². The Morgan fingerprint density at radius 3 is 2.56 bits per heavy atom. The second kappa shape index (κ2) is 4.63.